The van der Waals surface area contributed by atoms with E-state index in [-0.39, 0.29) is 5.82 Å². The van der Waals surface area contributed by atoms with Gasteiger partial charge in [-0.1, -0.05) is 86.3 Å². The van der Waals surface area contributed by atoms with Gasteiger partial charge in [0.15, 0.2) is 0 Å². The zero-order valence-corrected chi connectivity index (χ0v) is 19.4. The first-order chi connectivity index (χ1) is 15.1. The van der Waals surface area contributed by atoms with E-state index in [2.05, 4.69) is 43.0 Å². The maximum atomic E-state index is 13.8. The first-order valence-corrected chi connectivity index (χ1v) is 12.2. The third kappa shape index (κ3) is 8.19. The molecule has 3 rings (SSSR count). The molecule has 0 heterocycles. The Morgan fingerprint density at radius 1 is 0.935 bits per heavy atom. The van der Waals surface area contributed by atoms with Crippen LogP contribution in [-0.4, -0.2) is 0 Å². The van der Waals surface area contributed by atoms with Crippen LogP contribution in [0.5, 0.6) is 0 Å². The van der Waals surface area contributed by atoms with Crippen LogP contribution >= 0.6 is 11.6 Å². The van der Waals surface area contributed by atoms with Crippen LogP contribution in [0.1, 0.15) is 81.4 Å². The second-order valence-electron chi connectivity index (χ2n) is 8.85. The van der Waals surface area contributed by atoms with Crippen LogP contribution in [0.4, 0.5) is 4.39 Å². The van der Waals surface area contributed by atoms with Gasteiger partial charge in [0.05, 0.1) is 5.56 Å². The normalized spacial score (nSPS) is 18.7. The van der Waals surface area contributed by atoms with Gasteiger partial charge >= 0.3 is 0 Å². The first-order valence-electron chi connectivity index (χ1n) is 11.8. The monoisotopic (exact) mass is 436 g/mol. The molecule has 1 saturated carbocycles. The quantitative estimate of drug-likeness (QED) is 0.220. The molecule has 0 nitrogen and oxygen atoms in total. The smallest absolute Gasteiger partial charge is 0.140 e. The molecule has 0 radical (unpaired) electrons. The number of allylic oxidation sites excluding steroid dienone is 2. The number of halogens is 2. The maximum Gasteiger partial charge on any atom is 0.140 e. The Kier molecular flexibility index (Phi) is 9.70. The summed E-state index contributed by atoms with van der Waals surface area (Å²) in [4.78, 5) is 0. The topological polar surface area (TPSA) is 0 Å². The fourth-order valence-electron chi connectivity index (χ4n) is 4.53. The van der Waals surface area contributed by atoms with E-state index >= 15 is 0 Å². The highest BCUT2D eigenvalue weighted by molar-refractivity contribution is 6.30. The molecule has 0 N–H and O–H groups in total. The van der Waals surface area contributed by atoms with Crippen molar-refractivity contribution in [2.75, 3.05) is 0 Å². The van der Waals surface area contributed by atoms with Crippen molar-refractivity contribution in [3.05, 3.63) is 82.1 Å². The van der Waals surface area contributed by atoms with Gasteiger partial charge in [0.1, 0.15) is 5.82 Å². The second-order valence-corrected chi connectivity index (χ2v) is 9.29. The molecule has 0 spiro atoms. The third-order valence-corrected chi connectivity index (χ3v) is 6.74. The van der Waals surface area contributed by atoms with Gasteiger partial charge in [-0.2, -0.15) is 0 Å². The summed E-state index contributed by atoms with van der Waals surface area (Å²) < 4.78 is 13.8. The molecule has 0 aromatic heterocycles. The molecule has 0 aliphatic heterocycles. The summed E-state index contributed by atoms with van der Waals surface area (Å²) in [6.07, 6.45) is 17.9. The summed E-state index contributed by atoms with van der Waals surface area (Å²) in [6.45, 7) is 2.11. The largest absolute Gasteiger partial charge is 0.206 e. The molecule has 0 atom stereocenters. The number of hydrogen-bond acceptors (Lipinski definition) is 0. The fourth-order valence-corrected chi connectivity index (χ4v) is 4.69. The average Bonchev–Trinajstić information content (AvgIpc) is 2.78. The molecule has 2 aromatic rings. The van der Waals surface area contributed by atoms with Crippen LogP contribution in [0.15, 0.2) is 54.6 Å². The van der Waals surface area contributed by atoms with Gasteiger partial charge in [-0.15, -0.1) is 0 Å². The van der Waals surface area contributed by atoms with Crippen molar-refractivity contribution in [3.63, 3.8) is 0 Å². The zero-order valence-electron chi connectivity index (χ0n) is 18.7. The van der Waals surface area contributed by atoms with Gasteiger partial charge < -0.3 is 0 Å². The van der Waals surface area contributed by atoms with Crippen molar-refractivity contribution in [3.8, 4) is 11.8 Å². The lowest BCUT2D eigenvalue weighted by Crippen LogP contribution is -2.15. The number of hydrogen-bond donors (Lipinski definition) is 0. The number of rotatable bonds is 8. The van der Waals surface area contributed by atoms with Gasteiger partial charge in [0.2, 0.25) is 0 Å². The Labute approximate surface area is 192 Å². The van der Waals surface area contributed by atoms with Gasteiger partial charge in [-0.25, -0.2) is 4.39 Å². The molecule has 1 fully saturated rings. The van der Waals surface area contributed by atoms with Crippen LogP contribution in [0, 0.1) is 29.5 Å². The number of unbranched alkanes of at least 4 members (excludes halogenated alkanes) is 2. The summed E-state index contributed by atoms with van der Waals surface area (Å²) >= 11 is 5.79. The van der Waals surface area contributed by atoms with Crippen molar-refractivity contribution >= 4 is 11.6 Å². The van der Waals surface area contributed by atoms with E-state index in [1.165, 1.54) is 69.4 Å². The van der Waals surface area contributed by atoms with E-state index < -0.39 is 0 Å². The molecule has 0 saturated heterocycles. The summed E-state index contributed by atoms with van der Waals surface area (Å²) in [5, 5.41) is 0.390. The van der Waals surface area contributed by atoms with Crippen LogP contribution in [0.2, 0.25) is 5.02 Å². The Bertz CT molecular complexity index is 893. The predicted octanol–water partition coefficient (Wildman–Crippen LogP) is 8.75. The predicted molar refractivity (Wildman–Crippen MR) is 131 cm³/mol. The minimum Gasteiger partial charge on any atom is -0.206 e. The summed E-state index contributed by atoms with van der Waals surface area (Å²) in [7, 11) is 0. The van der Waals surface area contributed by atoms with Crippen LogP contribution in [-0.2, 0) is 6.42 Å². The van der Waals surface area contributed by atoms with Gasteiger partial charge in [0, 0.05) is 10.6 Å². The Morgan fingerprint density at radius 2 is 1.65 bits per heavy atom. The minimum atomic E-state index is -0.375. The fraction of sp³-hybridized carbons (Fsp3) is 0.448. The van der Waals surface area contributed by atoms with Crippen molar-refractivity contribution in [1.82, 2.24) is 0 Å². The molecular weight excluding hydrogens is 403 g/mol. The molecule has 0 unspecified atom stereocenters. The summed E-state index contributed by atoms with van der Waals surface area (Å²) in [5.74, 6) is 7.42. The second kappa shape index (κ2) is 12.7. The standard InChI is InChI=1S/C29H34ClF/c1-2-3-4-5-6-7-23-8-10-24(11-9-23)12-13-25-14-16-26(17-15-25)18-19-27-20-21-28(30)22-29(27)31/h2-3,14-17,20-24H,4-13H2,1H3/b3-2+. The zero-order chi connectivity index (χ0) is 21.9. The van der Waals surface area contributed by atoms with E-state index in [4.69, 9.17) is 11.6 Å². The molecular formula is C29H34ClF. The third-order valence-electron chi connectivity index (χ3n) is 6.50. The van der Waals surface area contributed by atoms with Gasteiger partial charge in [-0.05, 0) is 80.3 Å². The lowest BCUT2D eigenvalue weighted by molar-refractivity contribution is 0.249. The van der Waals surface area contributed by atoms with Crippen LogP contribution in [0.3, 0.4) is 0 Å². The summed E-state index contributed by atoms with van der Waals surface area (Å²) in [6, 6.07) is 13.0. The highest BCUT2D eigenvalue weighted by Gasteiger charge is 2.20. The summed E-state index contributed by atoms with van der Waals surface area (Å²) in [5.41, 5.74) is 2.66. The van der Waals surface area contributed by atoms with Crippen molar-refractivity contribution < 1.29 is 4.39 Å². The molecule has 0 amide bonds. The Morgan fingerprint density at radius 3 is 2.32 bits per heavy atom. The molecule has 1 aliphatic carbocycles. The molecule has 31 heavy (non-hydrogen) atoms. The van der Waals surface area contributed by atoms with Gasteiger partial charge in [-0.3, -0.25) is 0 Å². The van der Waals surface area contributed by atoms with E-state index in [9.17, 15) is 4.39 Å². The van der Waals surface area contributed by atoms with E-state index in [0.717, 1.165) is 23.8 Å². The lowest BCUT2D eigenvalue weighted by atomic mass is 9.78. The van der Waals surface area contributed by atoms with E-state index in [0.29, 0.717) is 10.6 Å². The van der Waals surface area contributed by atoms with Crippen LogP contribution in [0.25, 0.3) is 0 Å². The Hall–Kier alpha value is -2.04. The SMILES string of the molecule is C/C=C/CCCCC1CCC(CCc2ccc(C#Cc3ccc(Cl)cc3F)cc2)CC1. The number of benzene rings is 2. The molecule has 2 aromatic carbocycles. The average molecular weight is 437 g/mol. The molecule has 2 heteroatoms. The Balaban J connectivity index is 1.39. The van der Waals surface area contributed by atoms with E-state index in [1.54, 1.807) is 12.1 Å². The lowest BCUT2D eigenvalue weighted by Gasteiger charge is -2.28. The molecule has 1 aliphatic rings. The maximum absolute atomic E-state index is 13.8. The van der Waals surface area contributed by atoms with Crippen molar-refractivity contribution in [1.29, 1.82) is 0 Å². The minimum absolute atomic E-state index is 0.375. The van der Waals surface area contributed by atoms with Gasteiger partial charge in [0.25, 0.3) is 0 Å². The van der Waals surface area contributed by atoms with Crippen molar-refractivity contribution in [2.24, 2.45) is 11.8 Å². The first kappa shape index (κ1) is 23.6. The molecule has 0 bridgehead atoms. The van der Waals surface area contributed by atoms with Crippen LogP contribution < -0.4 is 0 Å². The molecule has 164 valence electrons. The highest BCUT2D eigenvalue weighted by Crippen LogP contribution is 2.34. The highest BCUT2D eigenvalue weighted by atomic mass is 35.5. The number of aryl methyl sites for hydroxylation is 1. The van der Waals surface area contributed by atoms with E-state index in [1.807, 2.05) is 12.1 Å². The van der Waals surface area contributed by atoms with Crippen molar-refractivity contribution in [2.45, 2.75) is 71.1 Å².